The summed E-state index contributed by atoms with van der Waals surface area (Å²) in [6.07, 6.45) is 1.34. The van der Waals surface area contributed by atoms with E-state index in [9.17, 15) is 9.59 Å². The van der Waals surface area contributed by atoms with Crippen LogP contribution in [0.2, 0.25) is 0 Å². The number of aryl methyl sites for hydroxylation is 2. The smallest absolute Gasteiger partial charge is 0.410 e. The number of benzene rings is 1. The Kier molecular flexibility index (Phi) is 3.52. The summed E-state index contributed by atoms with van der Waals surface area (Å²) < 4.78 is 5.61. The number of aromatic nitrogens is 1. The molecule has 1 aromatic carbocycles. The molecule has 2 aliphatic rings. The molecule has 0 bridgehead atoms. The fraction of sp³-hybridized carbons (Fsp3) is 0.474. The van der Waals surface area contributed by atoms with Gasteiger partial charge in [0.05, 0.1) is 13.1 Å². The number of aromatic amines is 1. The van der Waals surface area contributed by atoms with Crippen molar-refractivity contribution in [1.82, 2.24) is 14.8 Å². The molecule has 4 rings (SSSR count). The van der Waals surface area contributed by atoms with Gasteiger partial charge < -0.3 is 19.5 Å². The molecule has 1 N–H and O–H groups in total. The van der Waals surface area contributed by atoms with Gasteiger partial charge in [0.2, 0.25) is 0 Å². The highest BCUT2D eigenvalue weighted by atomic mass is 16.6. The average molecular weight is 341 g/mol. The zero-order valence-electron chi connectivity index (χ0n) is 14.9. The van der Waals surface area contributed by atoms with Crippen LogP contribution in [0.15, 0.2) is 18.2 Å². The van der Waals surface area contributed by atoms with Crippen molar-refractivity contribution in [3.05, 3.63) is 35.0 Å². The van der Waals surface area contributed by atoms with Crippen molar-refractivity contribution < 1.29 is 14.3 Å². The number of nitrogens with zero attached hydrogens (tertiary/aromatic N) is 2. The fourth-order valence-corrected chi connectivity index (χ4v) is 4.09. The van der Waals surface area contributed by atoms with Gasteiger partial charge in [0.25, 0.3) is 5.91 Å². The first kappa shape index (κ1) is 16.0. The first-order valence-electron chi connectivity index (χ1n) is 8.71. The Bertz CT molecular complexity index is 872. The van der Waals surface area contributed by atoms with E-state index in [0.29, 0.717) is 25.3 Å². The highest BCUT2D eigenvalue weighted by Gasteiger charge is 2.47. The monoisotopic (exact) mass is 341 g/mol. The normalized spacial score (nSPS) is 23.6. The molecule has 25 heavy (non-hydrogen) atoms. The minimum absolute atomic E-state index is 0.0176. The number of amides is 2. The first-order valence-corrected chi connectivity index (χ1v) is 8.71. The van der Waals surface area contributed by atoms with E-state index in [-0.39, 0.29) is 12.0 Å². The molecule has 1 atom stereocenters. The number of carbonyl (C=O) groups is 2. The number of likely N-dealkylation sites (tertiary alicyclic amines) is 1. The van der Waals surface area contributed by atoms with Gasteiger partial charge in [-0.05, 0) is 44.4 Å². The van der Waals surface area contributed by atoms with Crippen LogP contribution in [-0.4, -0.2) is 59.1 Å². The lowest BCUT2D eigenvalue weighted by Gasteiger charge is -2.38. The van der Waals surface area contributed by atoms with Crippen LogP contribution in [0.25, 0.3) is 10.9 Å². The summed E-state index contributed by atoms with van der Waals surface area (Å²) >= 11 is 0. The topological polar surface area (TPSA) is 65.6 Å². The predicted octanol–water partition coefficient (Wildman–Crippen LogP) is 2.84. The van der Waals surface area contributed by atoms with Gasteiger partial charge in [0.1, 0.15) is 11.3 Å². The second-order valence-corrected chi connectivity index (χ2v) is 7.41. The summed E-state index contributed by atoms with van der Waals surface area (Å²) in [5.74, 6) is -0.0176. The van der Waals surface area contributed by atoms with Gasteiger partial charge in [-0.15, -0.1) is 0 Å². The molecular weight excluding hydrogens is 318 g/mol. The Hall–Kier alpha value is -2.50. The predicted molar refractivity (Wildman–Crippen MR) is 94.8 cm³/mol. The maximum Gasteiger partial charge on any atom is 0.410 e. The van der Waals surface area contributed by atoms with E-state index < -0.39 is 5.60 Å². The largest absolute Gasteiger partial charge is 0.439 e. The average Bonchev–Trinajstić information content (AvgIpc) is 3.04. The molecule has 0 unspecified atom stereocenters. The number of carbonyl (C=O) groups excluding carboxylic acids is 2. The van der Waals surface area contributed by atoms with Crippen LogP contribution >= 0.6 is 0 Å². The van der Waals surface area contributed by atoms with Gasteiger partial charge in [-0.25, -0.2) is 4.79 Å². The molecule has 2 fully saturated rings. The molecule has 6 heteroatoms. The Labute approximate surface area is 146 Å². The molecule has 2 aromatic rings. The van der Waals surface area contributed by atoms with Crippen LogP contribution in [0.4, 0.5) is 4.79 Å². The highest BCUT2D eigenvalue weighted by molar-refractivity contribution is 6.01. The second kappa shape index (κ2) is 5.51. The van der Waals surface area contributed by atoms with Gasteiger partial charge in [0, 0.05) is 24.5 Å². The Morgan fingerprint density at radius 2 is 2.08 bits per heavy atom. The molecule has 1 aromatic heterocycles. The lowest BCUT2D eigenvalue weighted by atomic mass is 9.92. The molecule has 6 nitrogen and oxygen atoms in total. The standard InChI is InChI=1S/C19H23N3O3/c1-12-5-6-15-14(9-12)13(2)16(20-15)17(23)22-8-4-7-19(11-22)10-21(3)18(24)25-19/h5-6,9,20H,4,7-8,10-11H2,1-3H3/t19-/m1/s1. The Morgan fingerprint density at radius 3 is 2.80 bits per heavy atom. The maximum atomic E-state index is 13.1. The summed E-state index contributed by atoms with van der Waals surface area (Å²) in [4.78, 5) is 31.6. The summed E-state index contributed by atoms with van der Waals surface area (Å²) in [7, 11) is 1.74. The zero-order chi connectivity index (χ0) is 17.8. The fourth-order valence-electron chi connectivity index (χ4n) is 4.09. The van der Waals surface area contributed by atoms with Crippen molar-refractivity contribution in [2.75, 3.05) is 26.7 Å². The minimum Gasteiger partial charge on any atom is -0.439 e. The summed E-state index contributed by atoms with van der Waals surface area (Å²) in [5, 5.41) is 1.09. The number of likely N-dealkylation sites (N-methyl/N-ethyl adjacent to an activating group) is 1. The number of hydrogen-bond donors (Lipinski definition) is 1. The van der Waals surface area contributed by atoms with Crippen LogP contribution in [0, 0.1) is 13.8 Å². The van der Waals surface area contributed by atoms with Crippen molar-refractivity contribution in [2.24, 2.45) is 0 Å². The lowest BCUT2D eigenvalue weighted by molar-refractivity contribution is -0.00540. The number of piperidine rings is 1. The highest BCUT2D eigenvalue weighted by Crippen LogP contribution is 2.32. The second-order valence-electron chi connectivity index (χ2n) is 7.41. The molecule has 2 aliphatic heterocycles. The molecule has 1 spiro atoms. The van der Waals surface area contributed by atoms with E-state index in [1.165, 1.54) is 5.56 Å². The van der Waals surface area contributed by atoms with Crippen LogP contribution in [-0.2, 0) is 4.74 Å². The molecule has 132 valence electrons. The number of hydrogen-bond acceptors (Lipinski definition) is 3. The third-order valence-electron chi connectivity index (χ3n) is 5.40. The zero-order valence-corrected chi connectivity index (χ0v) is 14.9. The lowest BCUT2D eigenvalue weighted by Crippen LogP contribution is -2.52. The molecule has 2 saturated heterocycles. The van der Waals surface area contributed by atoms with Crippen LogP contribution in [0.3, 0.4) is 0 Å². The van der Waals surface area contributed by atoms with E-state index in [2.05, 4.69) is 11.1 Å². The molecule has 3 heterocycles. The molecule has 2 amide bonds. The van der Waals surface area contributed by atoms with Gasteiger partial charge in [0.15, 0.2) is 0 Å². The van der Waals surface area contributed by atoms with Crippen LogP contribution < -0.4 is 0 Å². The summed E-state index contributed by atoms with van der Waals surface area (Å²) in [5.41, 5.74) is 3.20. The van der Waals surface area contributed by atoms with E-state index in [1.807, 2.05) is 30.9 Å². The first-order chi connectivity index (χ1) is 11.9. The molecule has 0 aliphatic carbocycles. The van der Waals surface area contributed by atoms with Crippen molar-refractivity contribution in [3.63, 3.8) is 0 Å². The summed E-state index contributed by atoms with van der Waals surface area (Å²) in [6, 6.07) is 6.15. The maximum absolute atomic E-state index is 13.1. The van der Waals surface area contributed by atoms with E-state index in [1.54, 1.807) is 11.9 Å². The van der Waals surface area contributed by atoms with Gasteiger partial charge in [-0.1, -0.05) is 11.6 Å². The van der Waals surface area contributed by atoms with Crippen molar-refractivity contribution in [1.29, 1.82) is 0 Å². The van der Waals surface area contributed by atoms with E-state index in [0.717, 1.165) is 29.3 Å². The van der Waals surface area contributed by atoms with E-state index in [4.69, 9.17) is 4.74 Å². The minimum atomic E-state index is -0.559. The molecule has 0 radical (unpaired) electrons. The third kappa shape index (κ3) is 2.56. The van der Waals surface area contributed by atoms with E-state index >= 15 is 0 Å². The van der Waals surface area contributed by atoms with Crippen LogP contribution in [0.1, 0.15) is 34.5 Å². The van der Waals surface area contributed by atoms with Gasteiger partial charge >= 0.3 is 6.09 Å². The molecular formula is C19H23N3O3. The Morgan fingerprint density at radius 1 is 1.28 bits per heavy atom. The van der Waals surface area contributed by atoms with Crippen molar-refractivity contribution in [3.8, 4) is 0 Å². The number of nitrogens with one attached hydrogen (secondary N) is 1. The third-order valence-corrected chi connectivity index (χ3v) is 5.40. The number of ether oxygens (including phenoxy) is 1. The van der Waals surface area contributed by atoms with Gasteiger partial charge in [-0.2, -0.15) is 0 Å². The number of rotatable bonds is 1. The number of H-pyrrole nitrogens is 1. The van der Waals surface area contributed by atoms with Crippen molar-refractivity contribution in [2.45, 2.75) is 32.3 Å². The van der Waals surface area contributed by atoms with Crippen molar-refractivity contribution >= 4 is 22.9 Å². The quantitative estimate of drug-likeness (QED) is 0.867. The van der Waals surface area contributed by atoms with Gasteiger partial charge in [-0.3, -0.25) is 4.79 Å². The van der Waals surface area contributed by atoms with Crippen LogP contribution in [0.5, 0.6) is 0 Å². The molecule has 0 saturated carbocycles. The SMILES string of the molecule is Cc1ccc2[nH]c(C(=O)N3CCC[C@@]4(CN(C)C(=O)O4)C3)c(C)c2c1. The number of fused-ring (bicyclic) bond motifs is 1. The Balaban J connectivity index is 1.63. The summed E-state index contributed by atoms with van der Waals surface area (Å²) in [6.45, 7) is 5.72.